The van der Waals surface area contributed by atoms with Gasteiger partial charge < -0.3 is 10.4 Å². The molecule has 2 rings (SSSR count). The first-order valence-electron chi connectivity index (χ1n) is 6.08. The van der Waals surface area contributed by atoms with Gasteiger partial charge in [0, 0.05) is 12.6 Å². The third-order valence-electron chi connectivity index (χ3n) is 3.90. The number of aliphatic hydroxyl groups excluding tert-OH is 1. The molecule has 0 spiro atoms. The molecule has 0 heterocycles. The summed E-state index contributed by atoms with van der Waals surface area (Å²) < 4.78 is 0. The van der Waals surface area contributed by atoms with Crippen LogP contribution in [0.4, 0.5) is 0 Å². The van der Waals surface area contributed by atoms with Gasteiger partial charge >= 0.3 is 0 Å². The lowest BCUT2D eigenvalue weighted by Gasteiger charge is -2.39. The minimum Gasteiger partial charge on any atom is -0.392 e. The van der Waals surface area contributed by atoms with Crippen LogP contribution in [0.5, 0.6) is 0 Å². The molecule has 0 bridgehead atoms. The van der Waals surface area contributed by atoms with Crippen molar-refractivity contribution < 1.29 is 5.11 Å². The Bertz CT molecular complexity index is 183. The zero-order valence-electron chi connectivity index (χ0n) is 9.37. The summed E-state index contributed by atoms with van der Waals surface area (Å²) in [4.78, 5) is 0. The van der Waals surface area contributed by atoms with Gasteiger partial charge in [0.25, 0.3) is 0 Å². The van der Waals surface area contributed by atoms with Crippen LogP contribution in [-0.4, -0.2) is 23.8 Å². The number of hydrogen-bond donors (Lipinski definition) is 2. The first-order chi connectivity index (χ1) is 6.66. The van der Waals surface area contributed by atoms with Gasteiger partial charge in [-0.15, -0.1) is 0 Å². The van der Waals surface area contributed by atoms with E-state index in [-0.39, 0.29) is 6.10 Å². The van der Waals surface area contributed by atoms with Crippen LogP contribution in [0.15, 0.2) is 0 Å². The van der Waals surface area contributed by atoms with Crippen LogP contribution in [0.3, 0.4) is 0 Å². The molecule has 2 fully saturated rings. The SMILES string of the molecule is CC(C)C1CC(NCC(O)C2CC2)C1. The number of aliphatic hydroxyl groups is 1. The highest BCUT2D eigenvalue weighted by Gasteiger charge is 2.33. The normalized spacial score (nSPS) is 34.3. The van der Waals surface area contributed by atoms with Gasteiger partial charge in [-0.2, -0.15) is 0 Å². The van der Waals surface area contributed by atoms with Crippen molar-refractivity contribution in [3.8, 4) is 0 Å². The van der Waals surface area contributed by atoms with E-state index in [4.69, 9.17) is 0 Å². The van der Waals surface area contributed by atoms with Gasteiger partial charge in [-0.25, -0.2) is 0 Å². The van der Waals surface area contributed by atoms with E-state index in [1.165, 1.54) is 25.7 Å². The highest BCUT2D eigenvalue weighted by atomic mass is 16.3. The van der Waals surface area contributed by atoms with E-state index in [9.17, 15) is 5.11 Å². The third-order valence-corrected chi connectivity index (χ3v) is 3.90. The quantitative estimate of drug-likeness (QED) is 0.704. The van der Waals surface area contributed by atoms with Crippen LogP contribution in [0, 0.1) is 17.8 Å². The molecule has 0 aromatic heterocycles. The molecule has 0 aromatic rings. The van der Waals surface area contributed by atoms with Crippen LogP contribution in [0.2, 0.25) is 0 Å². The van der Waals surface area contributed by atoms with Crippen molar-refractivity contribution in [3.63, 3.8) is 0 Å². The van der Waals surface area contributed by atoms with E-state index >= 15 is 0 Å². The van der Waals surface area contributed by atoms with Crippen molar-refractivity contribution in [2.75, 3.05) is 6.54 Å². The van der Waals surface area contributed by atoms with Crippen LogP contribution in [0.25, 0.3) is 0 Å². The molecule has 2 nitrogen and oxygen atoms in total. The molecule has 0 radical (unpaired) electrons. The maximum Gasteiger partial charge on any atom is 0.0692 e. The van der Waals surface area contributed by atoms with E-state index in [2.05, 4.69) is 19.2 Å². The molecule has 14 heavy (non-hydrogen) atoms. The summed E-state index contributed by atoms with van der Waals surface area (Å²) in [6.45, 7) is 5.43. The monoisotopic (exact) mass is 197 g/mol. The van der Waals surface area contributed by atoms with Crippen molar-refractivity contribution in [1.82, 2.24) is 5.32 Å². The fraction of sp³-hybridized carbons (Fsp3) is 1.00. The highest BCUT2D eigenvalue weighted by molar-refractivity contribution is 4.89. The largest absolute Gasteiger partial charge is 0.392 e. The van der Waals surface area contributed by atoms with Gasteiger partial charge in [0.1, 0.15) is 0 Å². The summed E-state index contributed by atoms with van der Waals surface area (Å²) >= 11 is 0. The standard InChI is InChI=1S/C12H23NO/c1-8(2)10-5-11(6-10)13-7-12(14)9-3-4-9/h8-14H,3-7H2,1-2H3. The van der Waals surface area contributed by atoms with E-state index in [0.717, 1.165) is 18.4 Å². The molecule has 0 aromatic carbocycles. The molecule has 1 unspecified atom stereocenters. The number of hydrogen-bond acceptors (Lipinski definition) is 2. The zero-order valence-corrected chi connectivity index (χ0v) is 9.37. The van der Waals surface area contributed by atoms with Gasteiger partial charge in [0.15, 0.2) is 0 Å². The summed E-state index contributed by atoms with van der Waals surface area (Å²) in [6, 6.07) is 0.691. The zero-order chi connectivity index (χ0) is 10.1. The molecular formula is C12H23NO. The van der Waals surface area contributed by atoms with Crippen molar-refractivity contribution in [2.45, 2.75) is 51.7 Å². The Morgan fingerprint density at radius 1 is 1.21 bits per heavy atom. The lowest BCUT2D eigenvalue weighted by Crippen LogP contribution is -2.45. The first-order valence-corrected chi connectivity index (χ1v) is 6.08. The second kappa shape index (κ2) is 4.19. The summed E-state index contributed by atoms with van der Waals surface area (Å²) in [7, 11) is 0. The van der Waals surface area contributed by atoms with Crippen molar-refractivity contribution in [3.05, 3.63) is 0 Å². The molecule has 2 aliphatic rings. The summed E-state index contributed by atoms with van der Waals surface area (Å²) in [5.41, 5.74) is 0. The molecule has 82 valence electrons. The predicted octanol–water partition coefficient (Wildman–Crippen LogP) is 1.78. The van der Waals surface area contributed by atoms with E-state index < -0.39 is 0 Å². The Morgan fingerprint density at radius 2 is 1.86 bits per heavy atom. The van der Waals surface area contributed by atoms with Crippen LogP contribution in [0.1, 0.15) is 39.5 Å². The Morgan fingerprint density at radius 3 is 2.36 bits per heavy atom. The Balaban J connectivity index is 1.55. The predicted molar refractivity (Wildman–Crippen MR) is 58.1 cm³/mol. The van der Waals surface area contributed by atoms with Gasteiger partial charge in [-0.3, -0.25) is 0 Å². The van der Waals surface area contributed by atoms with Crippen LogP contribution < -0.4 is 5.32 Å². The Hall–Kier alpha value is -0.0800. The molecule has 0 aliphatic heterocycles. The van der Waals surface area contributed by atoms with Crippen molar-refractivity contribution >= 4 is 0 Å². The molecule has 0 saturated heterocycles. The summed E-state index contributed by atoms with van der Waals surface area (Å²) in [6.07, 6.45) is 5.03. The third kappa shape index (κ3) is 2.48. The average Bonchev–Trinajstić information content (AvgIpc) is 2.81. The summed E-state index contributed by atoms with van der Waals surface area (Å²) in [5.74, 6) is 2.37. The van der Waals surface area contributed by atoms with E-state index in [1.807, 2.05) is 0 Å². The second-order valence-corrected chi connectivity index (χ2v) is 5.49. The second-order valence-electron chi connectivity index (χ2n) is 5.49. The number of nitrogens with one attached hydrogen (secondary N) is 1. The van der Waals surface area contributed by atoms with E-state index in [0.29, 0.717) is 12.0 Å². The van der Waals surface area contributed by atoms with Gasteiger partial charge in [-0.05, 0) is 43.4 Å². The van der Waals surface area contributed by atoms with Gasteiger partial charge in [0.05, 0.1) is 6.10 Å². The first kappa shape index (κ1) is 10.4. The summed E-state index contributed by atoms with van der Waals surface area (Å²) in [5, 5.41) is 13.1. The van der Waals surface area contributed by atoms with Gasteiger partial charge in [-0.1, -0.05) is 13.8 Å². The fourth-order valence-electron chi connectivity index (χ4n) is 2.31. The topological polar surface area (TPSA) is 32.3 Å². The van der Waals surface area contributed by atoms with Crippen LogP contribution in [-0.2, 0) is 0 Å². The smallest absolute Gasteiger partial charge is 0.0692 e. The maximum atomic E-state index is 9.67. The lowest BCUT2D eigenvalue weighted by atomic mass is 9.73. The van der Waals surface area contributed by atoms with Crippen molar-refractivity contribution in [1.29, 1.82) is 0 Å². The average molecular weight is 197 g/mol. The van der Waals surface area contributed by atoms with Crippen LogP contribution >= 0.6 is 0 Å². The highest BCUT2D eigenvalue weighted by Crippen LogP contribution is 2.35. The molecule has 2 aliphatic carbocycles. The molecule has 2 saturated carbocycles. The van der Waals surface area contributed by atoms with Gasteiger partial charge in [0.2, 0.25) is 0 Å². The molecular weight excluding hydrogens is 174 g/mol. The minimum absolute atomic E-state index is 0.0758. The minimum atomic E-state index is -0.0758. The molecule has 0 amide bonds. The number of rotatable bonds is 5. The van der Waals surface area contributed by atoms with Crippen molar-refractivity contribution in [2.24, 2.45) is 17.8 Å². The maximum absolute atomic E-state index is 9.67. The Labute approximate surface area is 87.1 Å². The Kier molecular flexibility index (Phi) is 3.13. The van der Waals surface area contributed by atoms with E-state index in [1.54, 1.807) is 0 Å². The fourth-order valence-corrected chi connectivity index (χ4v) is 2.31. The lowest BCUT2D eigenvalue weighted by molar-refractivity contribution is 0.116. The molecule has 2 N–H and O–H groups in total. The molecule has 1 atom stereocenters. The molecule has 2 heteroatoms.